The number of hydrazine groups is 1. The van der Waals surface area contributed by atoms with Gasteiger partial charge in [0, 0.05) is 25.9 Å². The fraction of sp³-hybridized carbons (Fsp3) is 0.769. The van der Waals surface area contributed by atoms with E-state index in [4.69, 9.17) is 0 Å². The van der Waals surface area contributed by atoms with Crippen LogP contribution in [0.25, 0.3) is 0 Å². The van der Waals surface area contributed by atoms with E-state index in [9.17, 15) is 14.4 Å². The molecule has 0 saturated heterocycles. The maximum Gasteiger partial charge on any atom is 0.315 e. The van der Waals surface area contributed by atoms with Crippen LogP contribution in [0.15, 0.2) is 0 Å². The van der Waals surface area contributed by atoms with E-state index < -0.39 is 0 Å². The maximum absolute atomic E-state index is 11.6. The Balaban J connectivity index is 2.01. The van der Waals surface area contributed by atoms with Gasteiger partial charge in [-0.2, -0.15) is 0 Å². The Morgan fingerprint density at radius 2 is 1.75 bits per heavy atom. The molecule has 7 nitrogen and oxygen atoms in total. The molecular formula is C13H24N4O3. The predicted octanol–water partition coefficient (Wildman–Crippen LogP) is 0.566. The second-order valence-electron chi connectivity index (χ2n) is 5.07. The smallest absolute Gasteiger partial charge is 0.315 e. The normalized spacial score (nSPS) is 15.2. The molecule has 0 aromatic heterocycles. The summed E-state index contributed by atoms with van der Waals surface area (Å²) in [5, 5.41) is 5.67. The van der Waals surface area contributed by atoms with Crippen LogP contribution in [-0.4, -0.2) is 30.4 Å². The number of nitrogens with one attached hydrogen (secondary N) is 4. The van der Waals surface area contributed by atoms with E-state index in [0.717, 1.165) is 12.8 Å². The van der Waals surface area contributed by atoms with Gasteiger partial charge in [-0.25, -0.2) is 4.79 Å². The largest absolute Gasteiger partial charge is 0.338 e. The molecule has 1 saturated carbocycles. The molecule has 0 unspecified atom stereocenters. The van der Waals surface area contributed by atoms with Crippen LogP contribution < -0.4 is 21.5 Å². The molecule has 0 aliphatic heterocycles. The van der Waals surface area contributed by atoms with Gasteiger partial charge in [-0.1, -0.05) is 19.3 Å². The van der Waals surface area contributed by atoms with E-state index in [1.807, 2.05) is 0 Å². The Bertz CT molecular complexity index is 341. The molecule has 0 heterocycles. The van der Waals surface area contributed by atoms with Crippen molar-refractivity contribution < 1.29 is 14.4 Å². The van der Waals surface area contributed by atoms with Gasteiger partial charge in [0.25, 0.3) is 0 Å². The summed E-state index contributed by atoms with van der Waals surface area (Å²) in [7, 11) is 0. The first-order valence-corrected chi connectivity index (χ1v) is 7.17. The molecule has 114 valence electrons. The lowest BCUT2D eigenvalue weighted by Gasteiger charge is -2.22. The summed E-state index contributed by atoms with van der Waals surface area (Å²) in [5.41, 5.74) is 4.48. The molecule has 1 aliphatic rings. The van der Waals surface area contributed by atoms with E-state index in [2.05, 4.69) is 21.5 Å². The zero-order valence-corrected chi connectivity index (χ0v) is 12.0. The molecule has 1 fully saturated rings. The summed E-state index contributed by atoms with van der Waals surface area (Å²) in [5.74, 6) is -0.585. The van der Waals surface area contributed by atoms with Crippen LogP contribution in [0.1, 0.15) is 51.9 Å². The fourth-order valence-electron chi connectivity index (χ4n) is 2.15. The third-order valence-electron chi connectivity index (χ3n) is 3.18. The Morgan fingerprint density at radius 1 is 1.05 bits per heavy atom. The van der Waals surface area contributed by atoms with Crippen LogP contribution in [0, 0.1) is 0 Å². The van der Waals surface area contributed by atoms with Crippen molar-refractivity contribution in [1.29, 1.82) is 0 Å². The minimum atomic E-state index is -0.316. The molecule has 4 N–H and O–H groups in total. The average Bonchev–Trinajstić information content (AvgIpc) is 2.42. The first-order valence-electron chi connectivity index (χ1n) is 7.17. The molecule has 1 rings (SSSR count). The minimum absolute atomic E-state index is 0.167. The minimum Gasteiger partial charge on any atom is -0.338 e. The van der Waals surface area contributed by atoms with E-state index in [1.54, 1.807) is 0 Å². The van der Waals surface area contributed by atoms with Gasteiger partial charge in [-0.05, 0) is 19.3 Å². The summed E-state index contributed by atoms with van der Waals surface area (Å²) in [4.78, 5) is 33.4. The topological polar surface area (TPSA) is 99.3 Å². The third kappa shape index (κ3) is 7.60. The molecule has 20 heavy (non-hydrogen) atoms. The molecule has 0 aromatic rings. The highest BCUT2D eigenvalue weighted by Crippen LogP contribution is 2.16. The van der Waals surface area contributed by atoms with Gasteiger partial charge in [0.2, 0.25) is 11.8 Å². The van der Waals surface area contributed by atoms with Crippen LogP contribution in [0.5, 0.6) is 0 Å². The number of hydrogen-bond acceptors (Lipinski definition) is 3. The first-order chi connectivity index (χ1) is 9.58. The Labute approximate surface area is 119 Å². The standard InChI is InChI=1S/C13H24N4O3/c1-10(18)16-17-12(19)8-5-9-14-13(20)15-11-6-3-2-4-7-11/h11H,2-9H2,1H3,(H,16,18)(H,17,19)(H2,14,15,20). The number of hydrogen-bond donors (Lipinski definition) is 4. The quantitative estimate of drug-likeness (QED) is 0.438. The molecule has 0 aromatic carbocycles. The van der Waals surface area contributed by atoms with E-state index in [1.165, 1.54) is 26.2 Å². The Kier molecular flexibility index (Phi) is 7.46. The number of carbonyl (C=O) groups excluding carboxylic acids is 3. The zero-order valence-electron chi connectivity index (χ0n) is 12.0. The van der Waals surface area contributed by atoms with Crippen LogP contribution in [0.3, 0.4) is 0 Å². The molecule has 0 spiro atoms. The van der Waals surface area contributed by atoms with Gasteiger partial charge < -0.3 is 10.6 Å². The number of rotatable bonds is 5. The molecule has 0 atom stereocenters. The Hall–Kier alpha value is -1.79. The van der Waals surface area contributed by atoms with Crippen molar-refractivity contribution in [2.45, 2.75) is 57.9 Å². The average molecular weight is 284 g/mol. The van der Waals surface area contributed by atoms with Crippen LogP contribution in [0.2, 0.25) is 0 Å². The second kappa shape index (κ2) is 9.17. The van der Waals surface area contributed by atoms with Crippen LogP contribution >= 0.6 is 0 Å². The number of carbonyl (C=O) groups is 3. The first kappa shape index (κ1) is 16.3. The van der Waals surface area contributed by atoms with Gasteiger partial charge in [0.15, 0.2) is 0 Å². The van der Waals surface area contributed by atoms with Crippen LogP contribution in [0.4, 0.5) is 4.79 Å². The molecule has 4 amide bonds. The lowest BCUT2D eigenvalue weighted by molar-refractivity contribution is -0.127. The van der Waals surface area contributed by atoms with Crippen molar-refractivity contribution in [1.82, 2.24) is 21.5 Å². The van der Waals surface area contributed by atoms with Crippen molar-refractivity contribution in [2.24, 2.45) is 0 Å². The molecular weight excluding hydrogens is 260 g/mol. The number of urea groups is 1. The summed E-state index contributed by atoms with van der Waals surface area (Å²) < 4.78 is 0. The van der Waals surface area contributed by atoms with E-state index in [0.29, 0.717) is 13.0 Å². The van der Waals surface area contributed by atoms with E-state index >= 15 is 0 Å². The summed E-state index contributed by atoms with van der Waals surface area (Å²) in [6, 6.07) is 0.117. The predicted molar refractivity (Wildman–Crippen MR) is 74.6 cm³/mol. The van der Waals surface area contributed by atoms with Crippen molar-refractivity contribution in [2.75, 3.05) is 6.54 Å². The highest BCUT2D eigenvalue weighted by molar-refractivity contribution is 5.80. The third-order valence-corrected chi connectivity index (χ3v) is 3.18. The monoisotopic (exact) mass is 284 g/mol. The highest BCUT2D eigenvalue weighted by atomic mass is 16.2. The SMILES string of the molecule is CC(=O)NNC(=O)CCCNC(=O)NC1CCCCC1. The van der Waals surface area contributed by atoms with Gasteiger partial charge >= 0.3 is 6.03 Å². The highest BCUT2D eigenvalue weighted by Gasteiger charge is 2.15. The second-order valence-corrected chi connectivity index (χ2v) is 5.07. The molecule has 0 bridgehead atoms. The molecule has 1 aliphatic carbocycles. The van der Waals surface area contributed by atoms with Crippen molar-refractivity contribution in [3.8, 4) is 0 Å². The van der Waals surface area contributed by atoms with Gasteiger partial charge in [-0.3, -0.25) is 20.4 Å². The van der Waals surface area contributed by atoms with Gasteiger partial charge in [0.05, 0.1) is 0 Å². The van der Waals surface area contributed by atoms with Gasteiger partial charge in [-0.15, -0.1) is 0 Å². The number of amides is 4. The van der Waals surface area contributed by atoms with Crippen molar-refractivity contribution in [3.63, 3.8) is 0 Å². The zero-order chi connectivity index (χ0) is 14.8. The molecule has 0 radical (unpaired) electrons. The fourth-order valence-corrected chi connectivity index (χ4v) is 2.15. The lowest BCUT2D eigenvalue weighted by atomic mass is 9.96. The van der Waals surface area contributed by atoms with Gasteiger partial charge in [0.1, 0.15) is 0 Å². The summed E-state index contributed by atoms with van der Waals surface area (Å²) in [6.07, 6.45) is 6.48. The van der Waals surface area contributed by atoms with Crippen LogP contribution in [-0.2, 0) is 9.59 Å². The van der Waals surface area contributed by atoms with Crippen molar-refractivity contribution >= 4 is 17.8 Å². The summed E-state index contributed by atoms with van der Waals surface area (Å²) in [6.45, 7) is 1.75. The van der Waals surface area contributed by atoms with E-state index in [-0.39, 0.29) is 30.3 Å². The lowest BCUT2D eigenvalue weighted by Crippen LogP contribution is -2.43. The Morgan fingerprint density at radius 3 is 2.40 bits per heavy atom. The molecule has 7 heteroatoms. The maximum atomic E-state index is 11.6. The summed E-state index contributed by atoms with van der Waals surface area (Å²) >= 11 is 0. The van der Waals surface area contributed by atoms with Crippen molar-refractivity contribution in [3.05, 3.63) is 0 Å².